The van der Waals surface area contributed by atoms with Crippen molar-refractivity contribution in [2.75, 3.05) is 42.0 Å². The summed E-state index contributed by atoms with van der Waals surface area (Å²) in [5, 5.41) is 0. The molecular weight excluding hydrogens is 1340 g/mol. The van der Waals surface area contributed by atoms with Crippen molar-refractivity contribution < 1.29 is 37.0 Å². The summed E-state index contributed by atoms with van der Waals surface area (Å²) in [6.45, 7) is 18.5. The van der Waals surface area contributed by atoms with E-state index in [-0.39, 0.29) is 0 Å². The number of ketones is 1. The Kier molecular flexibility index (Phi) is 48.0. The van der Waals surface area contributed by atoms with Crippen LogP contribution in [0.25, 0.3) is 0 Å². The molecule has 245 valence electrons. The second kappa shape index (κ2) is 38.7. The Morgan fingerprint density at radius 3 is 1.55 bits per heavy atom. The van der Waals surface area contributed by atoms with Crippen molar-refractivity contribution >= 4 is 128 Å². The topological polar surface area (TPSA) is 38.8 Å². The van der Waals surface area contributed by atoms with Gasteiger partial charge in [-0.05, 0) is 57.5 Å². The van der Waals surface area contributed by atoms with Gasteiger partial charge in [-0.2, -0.15) is 6.42 Å². The SMILES string of the molecule is CC1CCCCC1.CC1CCN(C2(C)CCOCC2)CC1.ICI.I[I-]I.O=C1CCOCC1.[CH2-]CC.[I][V][I]. The van der Waals surface area contributed by atoms with E-state index in [1.807, 2.05) is 6.92 Å². The summed E-state index contributed by atoms with van der Waals surface area (Å²) in [6, 6.07) is 0. The number of carbonyl (C=O) groups excluding carboxylic acids is 1. The molecule has 4 nitrogen and oxygen atoms in total. The van der Waals surface area contributed by atoms with E-state index in [2.05, 4.69) is 155 Å². The van der Waals surface area contributed by atoms with Crippen molar-refractivity contribution in [1.29, 1.82) is 0 Å². The number of ether oxygens (including phenoxy) is 2. The fourth-order valence-electron chi connectivity index (χ4n) is 4.58. The summed E-state index contributed by atoms with van der Waals surface area (Å²) in [6.07, 6.45) is 14.9. The van der Waals surface area contributed by atoms with Crippen molar-refractivity contribution in [2.24, 2.45) is 11.8 Å². The number of alkyl halides is 2. The molecule has 0 spiro atoms. The first-order valence-corrected chi connectivity index (χ1v) is 38.9. The number of hydrogen-bond donors (Lipinski definition) is 0. The van der Waals surface area contributed by atoms with Gasteiger partial charge >= 0.3 is 99.9 Å². The van der Waals surface area contributed by atoms with Crippen LogP contribution in [0.3, 0.4) is 0 Å². The van der Waals surface area contributed by atoms with Crippen molar-refractivity contribution in [3.8, 4) is 0 Å². The number of carbonyl (C=O) groups is 1. The zero-order valence-electron chi connectivity index (χ0n) is 25.1. The third-order valence-electron chi connectivity index (χ3n) is 7.06. The minimum absolute atomic E-state index is 0.339. The van der Waals surface area contributed by atoms with Crippen LogP contribution in [0.4, 0.5) is 0 Å². The van der Waals surface area contributed by atoms with E-state index in [0.717, 1.165) is 31.5 Å². The van der Waals surface area contributed by atoms with E-state index in [1.165, 1.54) is 73.3 Å². The number of likely N-dealkylation sites (tertiary alicyclic amines) is 1. The zero-order chi connectivity index (χ0) is 31.1. The van der Waals surface area contributed by atoms with Gasteiger partial charge in [0.05, 0.1) is 15.6 Å². The van der Waals surface area contributed by atoms with Crippen LogP contribution in [0.5, 0.6) is 0 Å². The van der Waals surface area contributed by atoms with Crippen molar-refractivity contribution in [1.82, 2.24) is 4.90 Å². The molecule has 40 heavy (non-hydrogen) atoms. The van der Waals surface area contributed by atoms with Crippen LogP contribution in [-0.2, 0) is 23.7 Å². The van der Waals surface area contributed by atoms with Crippen LogP contribution in [-0.4, -0.2) is 58.2 Å². The molecule has 3 heterocycles. The number of hydrogen-bond acceptors (Lipinski definition) is 4. The molecule has 0 aromatic carbocycles. The molecule has 0 amide bonds. The minimum atomic E-state index is 0.339. The number of piperidine rings is 1. The van der Waals surface area contributed by atoms with Gasteiger partial charge in [-0.15, -0.1) is 0 Å². The van der Waals surface area contributed by atoms with E-state index in [0.29, 0.717) is 60.1 Å². The van der Waals surface area contributed by atoms with Gasteiger partial charge in [0.2, 0.25) is 0 Å². The summed E-state index contributed by atoms with van der Waals surface area (Å²) in [4.78, 5) is 13.1. The Balaban J connectivity index is -0.000000450. The third kappa shape index (κ3) is 34.6. The van der Waals surface area contributed by atoms with Gasteiger partial charge in [-0.25, -0.2) is 0 Å². The van der Waals surface area contributed by atoms with Gasteiger partial charge in [-0.3, -0.25) is 9.69 Å². The van der Waals surface area contributed by atoms with Crippen LogP contribution >= 0.6 is 122 Å². The fraction of sp³-hybridized carbons (Fsp3) is 0.929. The number of halogens is 7. The molecular formula is C28H54I7NO3V-2. The van der Waals surface area contributed by atoms with E-state index in [1.54, 1.807) is 0 Å². The quantitative estimate of drug-likeness (QED) is 0.150. The zero-order valence-corrected chi connectivity index (χ0v) is 41.6. The summed E-state index contributed by atoms with van der Waals surface area (Å²) in [5.41, 5.74) is 0.443. The molecule has 4 fully saturated rings. The van der Waals surface area contributed by atoms with E-state index in [4.69, 9.17) is 9.47 Å². The average Bonchev–Trinajstić information content (AvgIpc) is 2.93. The normalized spacial score (nSPS) is 20.8. The maximum absolute atomic E-state index is 10.4. The number of rotatable bonds is 1. The first-order chi connectivity index (χ1) is 19.2. The second-order valence-electron chi connectivity index (χ2n) is 10.4. The monoisotopic (exact) mass is 1390 g/mol. The molecule has 1 aliphatic carbocycles. The Bertz CT molecular complexity index is 492. The Morgan fingerprint density at radius 1 is 0.900 bits per heavy atom. The Morgan fingerprint density at radius 2 is 1.25 bits per heavy atom. The molecule has 4 rings (SSSR count). The molecule has 0 radical (unpaired) electrons. The molecule has 0 N–H and O–H groups in total. The fourth-order valence-corrected chi connectivity index (χ4v) is 4.58. The first kappa shape index (κ1) is 49.6. The Labute approximate surface area is 334 Å². The van der Waals surface area contributed by atoms with Gasteiger partial charge in [0.15, 0.2) is 0 Å². The number of nitrogens with zero attached hydrogens (tertiary/aromatic N) is 1. The van der Waals surface area contributed by atoms with E-state index >= 15 is 0 Å². The number of Topliss-reactive ketones (excluding diaryl/α,β-unsaturated/α-hetero) is 1. The summed E-state index contributed by atoms with van der Waals surface area (Å²) in [5.74, 6) is 2.31. The summed E-state index contributed by atoms with van der Waals surface area (Å²) < 4.78 is 11.6. The summed E-state index contributed by atoms with van der Waals surface area (Å²) >= 11 is 14.6. The molecule has 0 unspecified atom stereocenters. The molecule has 0 aromatic rings. The molecule has 4 aliphatic rings. The van der Waals surface area contributed by atoms with Crippen LogP contribution in [0.1, 0.15) is 105 Å². The van der Waals surface area contributed by atoms with Gasteiger partial charge in [-0.1, -0.05) is 98.1 Å². The van der Waals surface area contributed by atoms with Crippen LogP contribution < -0.4 is 13.3 Å². The van der Waals surface area contributed by atoms with Crippen molar-refractivity contribution in [3.63, 3.8) is 0 Å². The molecule has 0 bridgehead atoms. The van der Waals surface area contributed by atoms with Gasteiger partial charge in [0.25, 0.3) is 0 Å². The maximum atomic E-state index is 10.4. The van der Waals surface area contributed by atoms with Crippen molar-refractivity contribution in [3.05, 3.63) is 6.92 Å². The van der Waals surface area contributed by atoms with E-state index in [9.17, 15) is 4.79 Å². The van der Waals surface area contributed by atoms with Gasteiger partial charge < -0.3 is 16.4 Å². The Hall–Kier alpha value is 5.24. The molecule has 3 saturated heterocycles. The first-order valence-electron chi connectivity index (χ1n) is 14.3. The van der Waals surface area contributed by atoms with Crippen LogP contribution in [0.15, 0.2) is 0 Å². The molecule has 3 aliphatic heterocycles. The van der Waals surface area contributed by atoms with E-state index < -0.39 is 0 Å². The van der Waals surface area contributed by atoms with Crippen LogP contribution in [0.2, 0.25) is 0 Å². The van der Waals surface area contributed by atoms with Gasteiger partial charge in [0, 0.05) is 31.6 Å². The molecule has 0 aromatic heterocycles. The second-order valence-corrected chi connectivity index (χ2v) is 42.9. The third-order valence-corrected chi connectivity index (χ3v) is 7.06. The van der Waals surface area contributed by atoms with Crippen LogP contribution in [0, 0.1) is 18.8 Å². The standard InChI is InChI=1S/C12H23NO.C7H14.C5H8O2.C3H7.CH2I2.I3.2HI.V/c1-11-3-7-13(8-4-11)12(2)5-9-14-10-6-12;1-7-5-3-2-4-6-7;6-5-1-3-7-4-2-5;1-3-2;2-1-3;1-3-2;;;/h11H,3-10H2,1-2H3;7H,2-6H2,1H3;1-4H2;1,3H2,2H3;1H2;;2*1H;/q;;;-1;;-1;;;+2/p-2. The van der Waals surface area contributed by atoms with Crippen molar-refractivity contribution in [2.45, 2.75) is 110 Å². The molecule has 0 atom stereocenters. The molecule has 1 saturated carbocycles. The summed E-state index contributed by atoms with van der Waals surface area (Å²) in [7, 11) is 0.628. The molecule has 12 heteroatoms. The predicted octanol–water partition coefficient (Wildman–Crippen LogP) is 8.83. The predicted molar refractivity (Wildman–Crippen MR) is 220 cm³/mol. The average molecular weight is 1390 g/mol. The van der Waals surface area contributed by atoms with Gasteiger partial charge in [0.1, 0.15) is 5.78 Å².